The Morgan fingerprint density at radius 3 is 2.74 bits per heavy atom. The summed E-state index contributed by atoms with van der Waals surface area (Å²) in [5, 5.41) is 15.3. The second-order valence-electron chi connectivity index (χ2n) is 4.45. The van der Waals surface area contributed by atoms with E-state index in [1.165, 1.54) is 6.07 Å². The summed E-state index contributed by atoms with van der Waals surface area (Å²) >= 11 is 0. The van der Waals surface area contributed by atoms with E-state index in [1.807, 2.05) is 13.8 Å². The molecule has 0 unspecified atom stereocenters. The van der Waals surface area contributed by atoms with E-state index in [0.29, 0.717) is 5.82 Å². The van der Waals surface area contributed by atoms with E-state index in [2.05, 4.69) is 5.10 Å². The van der Waals surface area contributed by atoms with Crippen LogP contribution in [-0.4, -0.2) is 14.7 Å². The molecule has 0 saturated heterocycles. The van der Waals surface area contributed by atoms with Crippen molar-refractivity contribution in [3.63, 3.8) is 0 Å². The minimum atomic E-state index is -0.402. The van der Waals surface area contributed by atoms with Crippen molar-refractivity contribution in [2.75, 3.05) is 5.73 Å². The third-order valence-electron chi connectivity index (χ3n) is 3.23. The van der Waals surface area contributed by atoms with Gasteiger partial charge in [0, 0.05) is 30.3 Å². The number of aryl methyl sites for hydroxylation is 2. The van der Waals surface area contributed by atoms with Gasteiger partial charge >= 0.3 is 0 Å². The number of nitro benzene ring substituents is 1. The monoisotopic (exact) mass is 260 g/mol. The highest BCUT2D eigenvalue weighted by molar-refractivity contribution is 5.73. The summed E-state index contributed by atoms with van der Waals surface area (Å²) in [7, 11) is 1.77. The van der Waals surface area contributed by atoms with E-state index < -0.39 is 4.92 Å². The molecule has 0 aliphatic carbocycles. The molecule has 0 spiro atoms. The lowest BCUT2D eigenvalue weighted by atomic mass is 10.0. The van der Waals surface area contributed by atoms with Crippen LogP contribution in [0.4, 0.5) is 11.5 Å². The molecule has 1 heterocycles. The number of rotatable bonds is 3. The molecule has 1 aromatic carbocycles. The highest BCUT2D eigenvalue weighted by Gasteiger charge is 2.18. The molecule has 0 bridgehead atoms. The zero-order valence-corrected chi connectivity index (χ0v) is 11.2. The second-order valence-corrected chi connectivity index (χ2v) is 4.45. The van der Waals surface area contributed by atoms with Gasteiger partial charge in [0.1, 0.15) is 5.82 Å². The van der Waals surface area contributed by atoms with E-state index in [0.717, 1.165) is 28.8 Å². The van der Waals surface area contributed by atoms with Gasteiger partial charge in [-0.1, -0.05) is 13.0 Å². The number of nitrogens with zero attached hydrogens (tertiary/aromatic N) is 3. The molecular formula is C13H16N4O2. The summed E-state index contributed by atoms with van der Waals surface area (Å²) in [6.45, 7) is 3.90. The summed E-state index contributed by atoms with van der Waals surface area (Å²) in [6, 6.07) is 4.78. The van der Waals surface area contributed by atoms with Crippen LogP contribution in [0.15, 0.2) is 18.2 Å². The normalized spacial score (nSPS) is 10.7. The summed E-state index contributed by atoms with van der Waals surface area (Å²) in [6.07, 6.45) is 0.733. The number of hydrogen-bond donors (Lipinski definition) is 1. The molecule has 0 radical (unpaired) electrons. The Morgan fingerprint density at radius 1 is 1.47 bits per heavy atom. The summed E-state index contributed by atoms with van der Waals surface area (Å²) in [4.78, 5) is 10.5. The molecule has 0 aliphatic rings. The Bertz CT molecular complexity index is 646. The molecule has 6 nitrogen and oxygen atoms in total. The van der Waals surface area contributed by atoms with Crippen LogP contribution >= 0.6 is 0 Å². The average Bonchev–Trinajstić information content (AvgIpc) is 2.65. The Hall–Kier alpha value is -2.37. The van der Waals surface area contributed by atoms with Crippen LogP contribution in [-0.2, 0) is 13.5 Å². The minimum absolute atomic E-state index is 0.0619. The summed E-state index contributed by atoms with van der Waals surface area (Å²) in [5.41, 5.74) is 9.38. The zero-order valence-electron chi connectivity index (χ0n) is 11.2. The second kappa shape index (κ2) is 4.72. The van der Waals surface area contributed by atoms with E-state index in [-0.39, 0.29) is 5.69 Å². The van der Waals surface area contributed by atoms with Gasteiger partial charge < -0.3 is 5.73 Å². The molecule has 19 heavy (non-hydrogen) atoms. The molecular weight excluding hydrogens is 244 g/mol. The zero-order chi connectivity index (χ0) is 14.2. The van der Waals surface area contributed by atoms with Gasteiger partial charge in [-0.25, -0.2) is 0 Å². The van der Waals surface area contributed by atoms with Gasteiger partial charge in [-0.2, -0.15) is 5.10 Å². The van der Waals surface area contributed by atoms with Gasteiger partial charge in [0.25, 0.3) is 5.69 Å². The third kappa shape index (κ3) is 2.16. The minimum Gasteiger partial charge on any atom is -0.384 e. The van der Waals surface area contributed by atoms with Crippen molar-refractivity contribution >= 4 is 11.5 Å². The lowest BCUT2D eigenvalue weighted by Gasteiger charge is -2.05. The highest BCUT2D eigenvalue weighted by Crippen LogP contribution is 2.31. The first-order chi connectivity index (χ1) is 8.95. The van der Waals surface area contributed by atoms with Gasteiger partial charge in [0.15, 0.2) is 0 Å². The number of anilines is 1. The largest absolute Gasteiger partial charge is 0.384 e. The molecule has 0 amide bonds. The first-order valence-corrected chi connectivity index (χ1v) is 6.02. The SMILES string of the molecule is CCc1c(-c2cc([N+](=O)[O-])ccc2C)nn(C)c1N. The van der Waals surface area contributed by atoms with Crippen LogP contribution in [0.1, 0.15) is 18.1 Å². The van der Waals surface area contributed by atoms with E-state index in [1.54, 1.807) is 23.9 Å². The maximum atomic E-state index is 10.9. The van der Waals surface area contributed by atoms with Gasteiger partial charge in [-0.15, -0.1) is 0 Å². The highest BCUT2D eigenvalue weighted by atomic mass is 16.6. The number of nitrogens with two attached hydrogens (primary N) is 1. The Balaban J connectivity index is 2.67. The fourth-order valence-electron chi connectivity index (χ4n) is 2.12. The number of non-ortho nitro benzene ring substituents is 1. The third-order valence-corrected chi connectivity index (χ3v) is 3.23. The van der Waals surface area contributed by atoms with Crippen LogP contribution in [0, 0.1) is 17.0 Å². The van der Waals surface area contributed by atoms with Gasteiger partial charge in [-0.3, -0.25) is 14.8 Å². The molecule has 2 aromatic rings. The molecule has 0 atom stereocenters. The van der Waals surface area contributed by atoms with Gasteiger partial charge in [0.2, 0.25) is 0 Å². The van der Waals surface area contributed by atoms with E-state index in [9.17, 15) is 10.1 Å². The molecule has 100 valence electrons. The van der Waals surface area contributed by atoms with Crippen LogP contribution in [0.5, 0.6) is 0 Å². The first-order valence-electron chi connectivity index (χ1n) is 6.02. The number of nitrogen functional groups attached to an aromatic ring is 1. The van der Waals surface area contributed by atoms with E-state index in [4.69, 9.17) is 5.73 Å². The maximum Gasteiger partial charge on any atom is 0.270 e. The fraction of sp³-hybridized carbons (Fsp3) is 0.308. The molecule has 6 heteroatoms. The molecule has 0 saturated carbocycles. The first kappa shape index (κ1) is 13.1. The van der Waals surface area contributed by atoms with Crippen molar-refractivity contribution in [1.29, 1.82) is 0 Å². The molecule has 0 fully saturated rings. The van der Waals surface area contributed by atoms with Crippen molar-refractivity contribution in [2.45, 2.75) is 20.3 Å². The summed E-state index contributed by atoms with van der Waals surface area (Å²) < 4.78 is 1.60. The maximum absolute atomic E-state index is 10.9. The Labute approximate surface area is 111 Å². The molecule has 2 rings (SSSR count). The molecule has 0 aliphatic heterocycles. The predicted molar refractivity (Wildman–Crippen MR) is 73.8 cm³/mol. The lowest BCUT2D eigenvalue weighted by Crippen LogP contribution is -1.98. The average molecular weight is 260 g/mol. The number of benzene rings is 1. The van der Waals surface area contributed by atoms with Crippen molar-refractivity contribution in [2.24, 2.45) is 7.05 Å². The number of aromatic nitrogens is 2. The van der Waals surface area contributed by atoms with Crippen LogP contribution < -0.4 is 5.73 Å². The topological polar surface area (TPSA) is 87.0 Å². The fourth-order valence-corrected chi connectivity index (χ4v) is 2.12. The van der Waals surface area contributed by atoms with Crippen molar-refractivity contribution < 1.29 is 4.92 Å². The Morgan fingerprint density at radius 2 is 2.16 bits per heavy atom. The van der Waals surface area contributed by atoms with E-state index >= 15 is 0 Å². The molecule has 2 N–H and O–H groups in total. The Kier molecular flexibility index (Phi) is 3.25. The van der Waals surface area contributed by atoms with Crippen LogP contribution in [0.25, 0.3) is 11.3 Å². The van der Waals surface area contributed by atoms with Crippen LogP contribution in [0.3, 0.4) is 0 Å². The summed E-state index contributed by atoms with van der Waals surface area (Å²) in [5.74, 6) is 0.600. The lowest BCUT2D eigenvalue weighted by molar-refractivity contribution is -0.384. The standard InChI is InChI=1S/C13H16N4O2/c1-4-10-12(15-16(3)13(10)14)11-7-9(17(18)19)6-5-8(11)2/h5-7H,4,14H2,1-3H3. The van der Waals surface area contributed by atoms with Crippen molar-refractivity contribution in [3.05, 3.63) is 39.4 Å². The van der Waals surface area contributed by atoms with Gasteiger partial charge in [-0.05, 0) is 18.9 Å². The molecule has 1 aromatic heterocycles. The van der Waals surface area contributed by atoms with Crippen molar-refractivity contribution in [1.82, 2.24) is 9.78 Å². The smallest absolute Gasteiger partial charge is 0.270 e. The van der Waals surface area contributed by atoms with Gasteiger partial charge in [0.05, 0.1) is 10.6 Å². The van der Waals surface area contributed by atoms with Crippen LogP contribution in [0.2, 0.25) is 0 Å². The number of hydrogen-bond acceptors (Lipinski definition) is 4. The quantitative estimate of drug-likeness (QED) is 0.678. The van der Waals surface area contributed by atoms with Crippen molar-refractivity contribution in [3.8, 4) is 11.3 Å². The number of nitro groups is 1. The predicted octanol–water partition coefficient (Wildman–Crippen LogP) is 2.45.